The van der Waals surface area contributed by atoms with E-state index in [9.17, 15) is 9.00 Å². The van der Waals surface area contributed by atoms with Gasteiger partial charge in [-0.1, -0.05) is 24.6 Å². The van der Waals surface area contributed by atoms with Crippen LogP contribution in [0.4, 0.5) is 5.69 Å². The van der Waals surface area contributed by atoms with Crippen LogP contribution in [0.25, 0.3) is 0 Å². The summed E-state index contributed by atoms with van der Waals surface area (Å²) in [6, 6.07) is 16.3. The highest BCUT2D eigenvalue weighted by molar-refractivity contribution is 7.85. The van der Waals surface area contributed by atoms with Gasteiger partial charge in [0.25, 0.3) is 0 Å². The quantitative estimate of drug-likeness (QED) is 0.598. The Kier molecular flexibility index (Phi) is 4.81. The summed E-state index contributed by atoms with van der Waals surface area (Å²) < 4.78 is 24.1. The summed E-state index contributed by atoms with van der Waals surface area (Å²) in [4.78, 5) is 15.6. The smallest absolute Gasteiger partial charge is 0.233 e. The van der Waals surface area contributed by atoms with Crippen molar-refractivity contribution >= 4 is 22.4 Å². The summed E-state index contributed by atoms with van der Waals surface area (Å²) in [5.41, 5.74) is 1.87. The molecule has 0 bridgehead atoms. The predicted molar refractivity (Wildman–Crippen MR) is 107 cm³/mol. The highest BCUT2D eigenvalue weighted by Gasteiger charge is 2.49. The molecule has 2 heterocycles. The first-order chi connectivity index (χ1) is 13.5. The normalized spacial score (nSPS) is 20.0. The Labute approximate surface area is 166 Å². The summed E-state index contributed by atoms with van der Waals surface area (Å²) >= 11 is 0. The fourth-order valence-electron chi connectivity index (χ4n) is 3.47. The van der Waals surface area contributed by atoms with Crippen LogP contribution in [-0.2, 0) is 15.6 Å². The standard InChI is InChI=1S/C22H21NO4S/c1-14-4-10-18(11-5-14)28(25)19-12-13-27-21(19)20-15(2)22(24)23(20)16-6-8-17(26-3)9-7-16/h4-13,15,20H,1-3H3/t15-,20-,28-/m0/s1. The third-order valence-corrected chi connectivity index (χ3v) is 6.53. The summed E-state index contributed by atoms with van der Waals surface area (Å²) in [6.07, 6.45) is 1.54. The lowest BCUT2D eigenvalue weighted by molar-refractivity contribution is -0.130. The molecule has 0 radical (unpaired) electrons. The topological polar surface area (TPSA) is 59.8 Å². The van der Waals surface area contributed by atoms with Crippen LogP contribution in [0.3, 0.4) is 0 Å². The van der Waals surface area contributed by atoms with Crippen LogP contribution in [0.2, 0.25) is 0 Å². The van der Waals surface area contributed by atoms with Crippen LogP contribution in [0.1, 0.15) is 24.3 Å². The monoisotopic (exact) mass is 395 g/mol. The Bertz CT molecular complexity index is 1020. The molecule has 1 fully saturated rings. The molecule has 1 saturated heterocycles. The average Bonchev–Trinajstić information content (AvgIpc) is 3.20. The fraction of sp³-hybridized carbons (Fsp3) is 0.227. The first-order valence-electron chi connectivity index (χ1n) is 9.04. The number of benzene rings is 2. The first-order valence-corrected chi connectivity index (χ1v) is 10.2. The summed E-state index contributed by atoms with van der Waals surface area (Å²) in [6.45, 7) is 3.86. The number of nitrogens with zero attached hydrogens (tertiary/aromatic N) is 1. The number of ether oxygens (including phenoxy) is 1. The number of hydrogen-bond acceptors (Lipinski definition) is 4. The number of amides is 1. The van der Waals surface area contributed by atoms with E-state index in [-0.39, 0.29) is 17.9 Å². The van der Waals surface area contributed by atoms with Crippen LogP contribution < -0.4 is 9.64 Å². The van der Waals surface area contributed by atoms with E-state index in [1.807, 2.05) is 62.4 Å². The van der Waals surface area contributed by atoms with Gasteiger partial charge in [-0.05, 0) is 49.4 Å². The Morgan fingerprint density at radius 2 is 1.71 bits per heavy atom. The van der Waals surface area contributed by atoms with Crippen molar-refractivity contribution in [3.05, 3.63) is 72.2 Å². The van der Waals surface area contributed by atoms with E-state index >= 15 is 0 Å². The first kappa shape index (κ1) is 18.5. The van der Waals surface area contributed by atoms with E-state index in [0.29, 0.717) is 15.6 Å². The lowest BCUT2D eigenvalue weighted by atomic mass is 9.86. The number of methoxy groups -OCH3 is 1. The Hall–Kier alpha value is -2.86. The third-order valence-electron chi connectivity index (χ3n) is 5.09. The minimum absolute atomic E-state index is 0.0126. The van der Waals surface area contributed by atoms with Crippen molar-refractivity contribution in [1.82, 2.24) is 0 Å². The number of furan rings is 1. The molecule has 0 spiro atoms. The van der Waals surface area contributed by atoms with E-state index in [2.05, 4.69) is 0 Å². The maximum Gasteiger partial charge on any atom is 0.233 e. The molecule has 1 amide bonds. The van der Waals surface area contributed by atoms with Gasteiger partial charge in [0.1, 0.15) is 17.6 Å². The highest BCUT2D eigenvalue weighted by Crippen LogP contribution is 2.45. The summed E-state index contributed by atoms with van der Waals surface area (Å²) in [5.74, 6) is 1.06. The molecular weight excluding hydrogens is 374 g/mol. The van der Waals surface area contributed by atoms with Crippen LogP contribution >= 0.6 is 0 Å². The van der Waals surface area contributed by atoms with Crippen LogP contribution in [-0.4, -0.2) is 17.2 Å². The molecule has 0 aliphatic carbocycles. The molecule has 1 aliphatic heterocycles. The van der Waals surface area contributed by atoms with Crippen molar-refractivity contribution in [2.75, 3.05) is 12.0 Å². The predicted octanol–water partition coefficient (Wildman–Crippen LogP) is 4.49. The molecule has 3 atom stereocenters. The van der Waals surface area contributed by atoms with Crippen LogP contribution in [0.15, 0.2) is 75.1 Å². The van der Waals surface area contributed by atoms with Gasteiger partial charge in [0, 0.05) is 10.6 Å². The zero-order chi connectivity index (χ0) is 19.8. The molecule has 6 heteroatoms. The van der Waals surface area contributed by atoms with Gasteiger partial charge in [0.15, 0.2) is 0 Å². The molecule has 3 aromatic rings. The maximum atomic E-state index is 13.1. The van der Waals surface area contributed by atoms with Gasteiger partial charge in [-0.2, -0.15) is 0 Å². The van der Waals surface area contributed by atoms with E-state index in [1.54, 1.807) is 24.3 Å². The molecule has 5 nitrogen and oxygen atoms in total. The van der Waals surface area contributed by atoms with Gasteiger partial charge < -0.3 is 14.1 Å². The highest BCUT2D eigenvalue weighted by atomic mass is 32.2. The molecule has 144 valence electrons. The van der Waals surface area contributed by atoms with Gasteiger partial charge in [-0.25, -0.2) is 4.21 Å². The van der Waals surface area contributed by atoms with Gasteiger partial charge in [0.05, 0.1) is 35.0 Å². The molecule has 4 rings (SSSR count). The number of carbonyl (C=O) groups excluding carboxylic acids is 1. The summed E-state index contributed by atoms with van der Waals surface area (Å²) in [7, 11) is 0.223. The van der Waals surface area contributed by atoms with Crippen molar-refractivity contribution in [2.24, 2.45) is 5.92 Å². The molecule has 0 saturated carbocycles. The number of carbonyl (C=O) groups is 1. The van der Waals surface area contributed by atoms with E-state index < -0.39 is 10.8 Å². The minimum atomic E-state index is -1.38. The van der Waals surface area contributed by atoms with Crippen molar-refractivity contribution in [3.8, 4) is 5.75 Å². The second-order valence-corrected chi connectivity index (χ2v) is 8.32. The molecule has 0 unspecified atom stereocenters. The lowest BCUT2D eigenvalue weighted by Gasteiger charge is -2.44. The number of anilines is 1. The second kappa shape index (κ2) is 7.28. The van der Waals surface area contributed by atoms with Gasteiger partial charge in [-0.15, -0.1) is 0 Å². The zero-order valence-electron chi connectivity index (χ0n) is 15.9. The maximum absolute atomic E-state index is 13.1. The van der Waals surface area contributed by atoms with Crippen molar-refractivity contribution in [1.29, 1.82) is 0 Å². The molecule has 1 aromatic heterocycles. The third kappa shape index (κ3) is 3.03. The van der Waals surface area contributed by atoms with Crippen molar-refractivity contribution in [3.63, 3.8) is 0 Å². The van der Waals surface area contributed by atoms with Gasteiger partial charge in [0.2, 0.25) is 5.91 Å². The minimum Gasteiger partial charge on any atom is -0.497 e. The number of β-lactam (4-membered cyclic amide) rings is 1. The largest absolute Gasteiger partial charge is 0.497 e. The molecule has 28 heavy (non-hydrogen) atoms. The number of rotatable bonds is 5. The second-order valence-electron chi connectivity index (χ2n) is 6.87. The van der Waals surface area contributed by atoms with E-state index in [0.717, 1.165) is 17.0 Å². The molecular formula is C22H21NO4S. The molecule has 1 aliphatic rings. The average molecular weight is 395 g/mol. The SMILES string of the molecule is COc1ccc(N2C(=O)[C@@H](C)[C@H]2c2occc2[S@@](=O)c2ccc(C)cc2)cc1. The Balaban J connectivity index is 1.68. The molecule has 0 N–H and O–H groups in total. The van der Waals surface area contributed by atoms with Crippen LogP contribution in [0, 0.1) is 12.8 Å². The van der Waals surface area contributed by atoms with E-state index in [1.165, 1.54) is 0 Å². The number of aryl methyl sites for hydroxylation is 1. The lowest BCUT2D eigenvalue weighted by Crippen LogP contribution is -2.54. The van der Waals surface area contributed by atoms with Gasteiger partial charge in [-0.3, -0.25) is 4.79 Å². The fourth-order valence-corrected chi connectivity index (χ4v) is 4.64. The van der Waals surface area contributed by atoms with Crippen molar-refractivity contribution < 1.29 is 18.2 Å². The Morgan fingerprint density at radius 3 is 2.36 bits per heavy atom. The van der Waals surface area contributed by atoms with Crippen molar-refractivity contribution in [2.45, 2.75) is 29.7 Å². The van der Waals surface area contributed by atoms with E-state index in [4.69, 9.17) is 9.15 Å². The van der Waals surface area contributed by atoms with Gasteiger partial charge >= 0.3 is 0 Å². The zero-order valence-corrected chi connectivity index (χ0v) is 16.7. The number of hydrogen-bond donors (Lipinski definition) is 0. The molecule has 2 aromatic carbocycles. The Morgan fingerprint density at radius 1 is 1.04 bits per heavy atom. The summed E-state index contributed by atoms with van der Waals surface area (Å²) in [5, 5.41) is 0. The van der Waals surface area contributed by atoms with Crippen LogP contribution in [0.5, 0.6) is 5.75 Å².